The second-order valence-electron chi connectivity index (χ2n) is 7.23. The topological polar surface area (TPSA) is 57.5 Å². The molecule has 6 heteroatoms. The van der Waals surface area contributed by atoms with Crippen molar-refractivity contribution in [1.82, 2.24) is 25.3 Å². The molecule has 1 fully saturated rings. The molecular formula is C19H36N6. The molecule has 25 heavy (non-hydrogen) atoms. The van der Waals surface area contributed by atoms with Crippen LogP contribution in [0.15, 0.2) is 11.1 Å². The van der Waals surface area contributed by atoms with Crippen molar-refractivity contribution in [1.29, 1.82) is 0 Å². The van der Waals surface area contributed by atoms with Gasteiger partial charge in [0.05, 0.1) is 5.69 Å². The summed E-state index contributed by atoms with van der Waals surface area (Å²) in [6.07, 6.45) is 4.90. The van der Waals surface area contributed by atoms with Crippen LogP contribution in [0.1, 0.15) is 44.0 Å². The Hall–Kier alpha value is -1.56. The monoisotopic (exact) mass is 348 g/mol. The molecule has 0 aromatic carbocycles. The van der Waals surface area contributed by atoms with E-state index in [1.54, 1.807) is 0 Å². The fraction of sp³-hybridized carbons (Fsp3) is 0.789. The molecule has 142 valence electrons. The van der Waals surface area contributed by atoms with Gasteiger partial charge < -0.3 is 15.5 Å². The summed E-state index contributed by atoms with van der Waals surface area (Å²) in [5.74, 6) is 1.81. The van der Waals surface area contributed by atoms with Crippen molar-refractivity contribution >= 4 is 5.96 Å². The average Bonchev–Trinajstić information content (AvgIpc) is 2.91. The number of piperidine rings is 1. The molecule has 0 spiro atoms. The van der Waals surface area contributed by atoms with Crippen LogP contribution in [0.4, 0.5) is 0 Å². The van der Waals surface area contributed by atoms with Crippen molar-refractivity contribution in [2.75, 3.05) is 39.8 Å². The molecule has 2 N–H and O–H groups in total. The lowest BCUT2D eigenvalue weighted by atomic mass is 9.94. The first kappa shape index (κ1) is 19.8. The summed E-state index contributed by atoms with van der Waals surface area (Å²) in [7, 11) is 2.22. The van der Waals surface area contributed by atoms with Gasteiger partial charge in [0.25, 0.3) is 0 Å². The third-order valence-electron chi connectivity index (χ3n) is 4.93. The normalized spacial score (nSPS) is 17.0. The Morgan fingerprint density at radius 2 is 2.04 bits per heavy atom. The Kier molecular flexibility index (Phi) is 8.25. The highest BCUT2D eigenvalue weighted by Gasteiger charge is 2.16. The van der Waals surface area contributed by atoms with Crippen LogP contribution in [0.3, 0.4) is 0 Å². The number of hydrogen-bond donors (Lipinski definition) is 2. The lowest BCUT2D eigenvalue weighted by molar-refractivity contribution is 0.213. The molecule has 0 radical (unpaired) electrons. The van der Waals surface area contributed by atoms with Crippen LogP contribution in [-0.4, -0.2) is 60.4 Å². The molecular weight excluding hydrogens is 312 g/mol. The summed E-state index contributed by atoms with van der Waals surface area (Å²) in [6.45, 7) is 12.4. The van der Waals surface area contributed by atoms with Crippen LogP contribution in [0, 0.1) is 19.8 Å². The van der Waals surface area contributed by atoms with E-state index in [4.69, 9.17) is 4.99 Å². The van der Waals surface area contributed by atoms with Crippen molar-refractivity contribution < 1.29 is 0 Å². The van der Waals surface area contributed by atoms with E-state index in [-0.39, 0.29) is 0 Å². The Morgan fingerprint density at radius 3 is 2.68 bits per heavy atom. The molecule has 1 aliphatic heterocycles. The molecule has 1 aliphatic rings. The molecule has 0 atom stereocenters. The van der Waals surface area contributed by atoms with E-state index in [1.807, 2.05) is 6.92 Å². The maximum absolute atomic E-state index is 4.70. The lowest BCUT2D eigenvalue weighted by Gasteiger charge is -2.29. The number of likely N-dealkylation sites (tertiary alicyclic amines) is 1. The second-order valence-corrected chi connectivity index (χ2v) is 7.23. The molecule has 0 saturated carbocycles. The SMILES string of the molecule is CCNC(=NCCCn1nc(C)cc1C)NCCC1CCN(C)CC1. The van der Waals surface area contributed by atoms with Gasteiger partial charge in [0, 0.05) is 31.9 Å². The molecule has 1 aromatic heterocycles. The maximum Gasteiger partial charge on any atom is 0.191 e. The van der Waals surface area contributed by atoms with Gasteiger partial charge in [0.15, 0.2) is 5.96 Å². The summed E-state index contributed by atoms with van der Waals surface area (Å²) < 4.78 is 2.07. The van der Waals surface area contributed by atoms with E-state index in [0.717, 1.165) is 50.2 Å². The fourth-order valence-electron chi connectivity index (χ4n) is 3.40. The second kappa shape index (κ2) is 10.4. The number of aliphatic imine (C=N–C) groups is 1. The number of nitrogens with zero attached hydrogens (tertiary/aromatic N) is 4. The van der Waals surface area contributed by atoms with Gasteiger partial charge in [0.2, 0.25) is 0 Å². The third kappa shape index (κ3) is 7.06. The predicted molar refractivity (Wildman–Crippen MR) is 105 cm³/mol. The number of aryl methyl sites for hydroxylation is 3. The van der Waals surface area contributed by atoms with Crippen LogP contribution in [0.25, 0.3) is 0 Å². The van der Waals surface area contributed by atoms with E-state index in [2.05, 4.69) is 52.3 Å². The lowest BCUT2D eigenvalue weighted by Crippen LogP contribution is -2.39. The number of rotatable bonds is 8. The summed E-state index contributed by atoms with van der Waals surface area (Å²) >= 11 is 0. The first-order valence-corrected chi connectivity index (χ1v) is 9.80. The van der Waals surface area contributed by atoms with Gasteiger partial charge >= 0.3 is 0 Å². The molecule has 1 aromatic rings. The van der Waals surface area contributed by atoms with E-state index in [9.17, 15) is 0 Å². The average molecular weight is 349 g/mol. The van der Waals surface area contributed by atoms with Crippen molar-refractivity contribution in [2.24, 2.45) is 10.9 Å². The minimum absolute atomic E-state index is 0.821. The molecule has 0 unspecified atom stereocenters. The highest BCUT2D eigenvalue weighted by atomic mass is 15.3. The molecule has 2 heterocycles. The molecule has 1 saturated heterocycles. The largest absolute Gasteiger partial charge is 0.357 e. The Labute approximate surface area is 153 Å². The van der Waals surface area contributed by atoms with Gasteiger partial charge in [-0.1, -0.05) is 0 Å². The standard InChI is InChI=1S/C19H36N6/c1-5-20-19(22-11-7-18-8-13-24(4)14-9-18)21-10-6-12-25-17(3)15-16(2)23-25/h15,18H,5-14H2,1-4H3,(H2,20,21,22). The van der Waals surface area contributed by atoms with Crippen molar-refractivity contribution in [3.63, 3.8) is 0 Å². The number of guanidine groups is 1. The third-order valence-corrected chi connectivity index (χ3v) is 4.93. The Bertz CT molecular complexity index is 528. The van der Waals surface area contributed by atoms with Gasteiger partial charge in [-0.05, 0) is 78.6 Å². The number of nitrogens with one attached hydrogen (secondary N) is 2. The summed E-state index contributed by atoms with van der Waals surface area (Å²) in [6, 6.07) is 2.12. The van der Waals surface area contributed by atoms with Crippen LogP contribution < -0.4 is 10.6 Å². The van der Waals surface area contributed by atoms with Gasteiger partial charge in [-0.3, -0.25) is 9.67 Å². The summed E-state index contributed by atoms with van der Waals surface area (Å²) in [5.41, 5.74) is 2.31. The fourth-order valence-corrected chi connectivity index (χ4v) is 3.40. The molecule has 0 aliphatic carbocycles. The summed E-state index contributed by atoms with van der Waals surface area (Å²) in [4.78, 5) is 7.13. The van der Waals surface area contributed by atoms with Crippen molar-refractivity contribution in [3.8, 4) is 0 Å². The van der Waals surface area contributed by atoms with Crippen molar-refractivity contribution in [3.05, 3.63) is 17.5 Å². The minimum Gasteiger partial charge on any atom is -0.357 e. The van der Waals surface area contributed by atoms with Crippen molar-refractivity contribution in [2.45, 2.75) is 53.0 Å². The molecule has 6 nitrogen and oxygen atoms in total. The van der Waals surface area contributed by atoms with E-state index < -0.39 is 0 Å². The summed E-state index contributed by atoms with van der Waals surface area (Å²) in [5, 5.41) is 11.3. The van der Waals surface area contributed by atoms with Crippen LogP contribution in [-0.2, 0) is 6.54 Å². The zero-order chi connectivity index (χ0) is 18.1. The molecule has 0 amide bonds. The van der Waals surface area contributed by atoms with E-state index in [1.165, 1.54) is 38.0 Å². The number of aromatic nitrogens is 2. The van der Waals surface area contributed by atoms with Gasteiger partial charge in [-0.25, -0.2) is 0 Å². The first-order valence-electron chi connectivity index (χ1n) is 9.80. The Balaban J connectivity index is 1.67. The Morgan fingerprint density at radius 1 is 1.28 bits per heavy atom. The van der Waals surface area contributed by atoms with Crippen LogP contribution in [0.2, 0.25) is 0 Å². The highest BCUT2D eigenvalue weighted by Crippen LogP contribution is 2.18. The first-order chi connectivity index (χ1) is 12.1. The number of hydrogen-bond acceptors (Lipinski definition) is 3. The van der Waals surface area contributed by atoms with Crippen LogP contribution in [0.5, 0.6) is 0 Å². The zero-order valence-corrected chi connectivity index (χ0v) is 16.5. The minimum atomic E-state index is 0.821. The molecule has 0 bridgehead atoms. The smallest absolute Gasteiger partial charge is 0.191 e. The predicted octanol–water partition coefficient (Wildman–Crippen LogP) is 2.18. The molecule has 2 rings (SSSR count). The van der Waals surface area contributed by atoms with Gasteiger partial charge in [-0.15, -0.1) is 0 Å². The van der Waals surface area contributed by atoms with Gasteiger partial charge in [-0.2, -0.15) is 5.10 Å². The van der Waals surface area contributed by atoms with Crippen LogP contribution >= 0.6 is 0 Å². The van der Waals surface area contributed by atoms with E-state index in [0.29, 0.717) is 0 Å². The quantitative estimate of drug-likeness (QED) is 0.429. The van der Waals surface area contributed by atoms with E-state index >= 15 is 0 Å². The van der Waals surface area contributed by atoms with Gasteiger partial charge in [0.1, 0.15) is 0 Å². The maximum atomic E-state index is 4.70. The zero-order valence-electron chi connectivity index (χ0n) is 16.5. The highest BCUT2D eigenvalue weighted by molar-refractivity contribution is 5.79.